The molecule has 1 amide bonds. The highest BCUT2D eigenvalue weighted by Crippen LogP contribution is 2.46. The maximum Gasteiger partial charge on any atom is 0.301 e. The number of hydrogen-bond acceptors (Lipinski definition) is 9. The molecule has 2 aliphatic rings. The number of ketones is 1. The fourth-order valence-electron chi connectivity index (χ4n) is 5.49. The summed E-state index contributed by atoms with van der Waals surface area (Å²) < 4.78 is 23.8. The van der Waals surface area contributed by atoms with Crippen molar-refractivity contribution in [1.29, 1.82) is 0 Å². The summed E-state index contributed by atoms with van der Waals surface area (Å²) >= 11 is 1.27. The molecule has 4 aromatic rings. The summed E-state index contributed by atoms with van der Waals surface area (Å²) in [5.74, 6) is 0.602. The molecule has 0 bridgehead atoms. The Balaban J connectivity index is 1.53. The number of anilines is 1. The standard InChI is InChI=1S/C33H32N2O7S/c1-5-13-41-25-12-7-19(16-26(25)40-6-2)29-28(30(36)20-8-11-24-21(15-20)14-18(3)42-24)31(37)32(38)35(29)33-34-23-10-9-22(39-4)17-27(23)43-33/h7-12,15-18,29,36H,5-6,13-14H2,1-4H3/b30-28+/t18-,29+/m0/s1. The molecule has 43 heavy (non-hydrogen) atoms. The number of carbonyl (C=O) groups is 2. The van der Waals surface area contributed by atoms with Crippen LogP contribution in [-0.4, -0.2) is 48.2 Å². The van der Waals surface area contributed by atoms with Crippen molar-refractivity contribution in [2.45, 2.75) is 45.8 Å². The van der Waals surface area contributed by atoms with E-state index in [0.29, 0.717) is 58.7 Å². The van der Waals surface area contributed by atoms with Crippen LogP contribution in [0, 0.1) is 0 Å². The lowest BCUT2D eigenvalue weighted by Crippen LogP contribution is -2.29. The number of rotatable bonds is 9. The average molecular weight is 601 g/mol. The van der Waals surface area contributed by atoms with E-state index in [2.05, 4.69) is 0 Å². The Bertz CT molecular complexity index is 1760. The molecule has 1 N–H and O–H groups in total. The Morgan fingerprint density at radius 3 is 2.67 bits per heavy atom. The topological polar surface area (TPSA) is 107 Å². The molecule has 0 aliphatic carbocycles. The van der Waals surface area contributed by atoms with Crippen LogP contribution in [0.3, 0.4) is 0 Å². The molecule has 222 valence electrons. The van der Waals surface area contributed by atoms with E-state index in [-0.39, 0.29) is 17.4 Å². The second-order valence-electron chi connectivity index (χ2n) is 10.4. The number of fused-ring (bicyclic) bond motifs is 2. The van der Waals surface area contributed by atoms with Gasteiger partial charge in [0.25, 0.3) is 5.78 Å². The van der Waals surface area contributed by atoms with Crippen LogP contribution < -0.4 is 23.8 Å². The van der Waals surface area contributed by atoms with Crippen LogP contribution in [0.15, 0.2) is 60.2 Å². The Morgan fingerprint density at radius 1 is 1.07 bits per heavy atom. The highest BCUT2D eigenvalue weighted by atomic mass is 32.1. The lowest BCUT2D eigenvalue weighted by molar-refractivity contribution is -0.132. The minimum Gasteiger partial charge on any atom is -0.507 e. The Kier molecular flexibility index (Phi) is 7.70. The molecule has 2 aliphatic heterocycles. The third-order valence-electron chi connectivity index (χ3n) is 7.45. The Morgan fingerprint density at radius 2 is 1.91 bits per heavy atom. The molecule has 0 spiro atoms. The number of benzene rings is 3. The van der Waals surface area contributed by atoms with Crippen molar-refractivity contribution in [3.8, 4) is 23.0 Å². The fourth-order valence-corrected chi connectivity index (χ4v) is 6.51. The molecule has 1 fully saturated rings. The summed E-state index contributed by atoms with van der Waals surface area (Å²) in [5, 5.41) is 12.0. The van der Waals surface area contributed by atoms with Crippen molar-refractivity contribution in [1.82, 2.24) is 4.98 Å². The Hall–Kier alpha value is -4.57. The van der Waals surface area contributed by atoms with E-state index < -0.39 is 17.7 Å². The van der Waals surface area contributed by atoms with E-state index >= 15 is 0 Å². The minimum atomic E-state index is -0.967. The number of carbonyl (C=O) groups excluding carboxylic acids is 2. The molecular formula is C33H32N2O7S. The van der Waals surface area contributed by atoms with Crippen LogP contribution in [0.5, 0.6) is 23.0 Å². The van der Waals surface area contributed by atoms with E-state index in [0.717, 1.165) is 22.4 Å². The molecular weight excluding hydrogens is 568 g/mol. The van der Waals surface area contributed by atoms with Crippen LogP contribution >= 0.6 is 11.3 Å². The minimum absolute atomic E-state index is 0.0149. The van der Waals surface area contributed by atoms with Crippen molar-refractivity contribution in [3.63, 3.8) is 0 Å². The van der Waals surface area contributed by atoms with E-state index in [1.807, 2.05) is 32.9 Å². The quantitative estimate of drug-likeness (QED) is 0.133. The number of amides is 1. The van der Waals surface area contributed by atoms with Crippen LogP contribution in [-0.2, 0) is 16.0 Å². The molecule has 3 aromatic carbocycles. The van der Waals surface area contributed by atoms with E-state index in [1.165, 1.54) is 16.2 Å². The van der Waals surface area contributed by atoms with Gasteiger partial charge in [0.05, 0.1) is 42.2 Å². The predicted octanol–water partition coefficient (Wildman–Crippen LogP) is 6.44. The molecule has 9 nitrogen and oxygen atoms in total. The zero-order valence-corrected chi connectivity index (χ0v) is 25.2. The van der Waals surface area contributed by atoms with Crippen molar-refractivity contribution in [2.75, 3.05) is 25.2 Å². The lowest BCUT2D eigenvalue weighted by Gasteiger charge is -2.24. The summed E-state index contributed by atoms with van der Waals surface area (Å²) in [6, 6.07) is 15.1. The molecule has 1 aromatic heterocycles. The van der Waals surface area contributed by atoms with Gasteiger partial charge < -0.3 is 24.1 Å². The van der Waals surface area contributed by atoms with Gasteiger partial charge >= 0.3 is 5.91 Å². The maximum absolute atomic E-state index is 13.8. The number of nitrogens with zero attached hydrogens (tertiary/aromatic N) is 2. The molecule has 1 saturated heterocycles. The van der Waals surface area contributed by atoms with Gasteiger partial charge in [-0.2, -0.15) is 0 Å². The number of methoxy groups -OCH3 is 1. The van der Waals surface area contributed by atoms with Gasteiger partial charge in [-0.3, -0.25) is 14.5 Å². The first-order valence-electron chi connectivity index (χ1n) is 14.3. The number of aliphatic hydroxyl groups is 1. The zero-order chi connectivity index (χ0) is 30.2. The normalized spacial score (nSPS) is 19.0. The molecule has 3 heterocycles. The van der Waals surface area contributed by atoms with E-state index in [1.54, 1.807) is 49.6 Å². The molecule has 10 heteroatoms. The molecule has 0 radical (unpaired) electrons. The SMILES string of the molecule is CCCOc1ccc([C@@H]2/C(=C(\O)c3ccc4c(c3)C[C@H](C)O4)C(=O)C(=O)N2c2nc3ccc(OC)cc3s2)cc1OCC. The average Bonchev–Trinajstić information content (AvgIpc) is 3.67. The fraction of sp³-hybridized carbons (Fsp3) is 0.303. The van der Waals surface area contributed by atoms with Crippen molar-refractivity contribution < 1.29 is 33.6 Å². The molecule has 0 unspecified atom stereocenters. The number of ether oxygens (including phenoxy) is 4. The van der Waals surface area contributed by atoms with Crippen LogP contribution in [0.1, 0.15) is 49.9 Å². The van der Waals surface area contributed by atoms with Crippen LogP contribution in [0.2, 0.25) is 0 Å². The van der Waals surface area contributed by atoms with Gasteiger partial charge in [-0.05, 0) is 79.9 Å². The molecule has 2 atom stereocenters. The predicted molar refractivity (Wildman–Crippen MR) is 165 cm³/mol. The van der Waals surface area contributed by atoms with Crippen LogP contribution in [0.25, 0.3) is 16.0 Å². The van der Waals surface area contributed by atoms with E-state index in [4.69, 9.17) is 23.9 Å². The summed E-state index contributed by atoms with van der Waals surface area (Å²) in [5.41, 5.74) is 2.56. The van der Waals surface area contributed by atoms with Gasteiger partial charge in [0.15, 0.2) is 16.6 Å². The highest BCUT2D eigenvalue weighted by molar-refractivity contribution is 7.22. The van der Waals surface area contributed by atoms with E-state index in [9.17, 15) is 14.7 Å². The van der Waals surface area contributed by atoms with Crippen LogP contribution in [0.4, 0.5) is 5.13 Å². The lowest BCUT2D eigenvalue weighted by atomic mass is 9.94. The molecule has 0 saturated carbocycles. The van der Waals surface area contributed by atoms with Gasteiger partial charge in [0.2, 0.25) is 0 Å². The second kappa shape index (κ2) is 11.6. The van der Waals surface area contributed by atoms with Gasteiger partial charge in [0.1, 0.15) is 23.4 Å². The first-order chi connectivity index (χ1) is 20.8. The third-order valence-corrected chi connectivity index (χ3v) is 8.47. The number of Topliss-reactive ketones (excluding diaryl/α,β-unsaturated/α-hetero) is 1. The molecule has 6 rings (SSSR count). The maximum atomic E-state index is 13.8. The van der Waals surface area contributed by atoms with Crippen molar-refractivity contribution >= 4 is 44.1 Å². The van der Waals surface area contributed by atoms with Crippen molar-refractivity contribution in [3.05, 3.63) is 76.9 Å². The summed E-state index contributed by atoms with van der Waals surface area (Å²) in [6.45, 7) is 6.76. The number of aromatic nitrogens is 1. The van der Waals surface area contributed by atoms with Gasteiger partial charge in [-0.15, -0.1) is 0 Å². The number of aliphatic hydroxyl groups excluding tert-OH is 1. The van der Waals surface area contributed by atoms with Crippen molar-refractivity contribution in [2.24, 2.45) is 0 Å². The number of thiazole rings is 1. The number of hydrogen-bond donors (Lipinski definition) is 1. The summed E-state index contributed by atoms with van der Waals surface area (Å²) in [6.07, 6.45) is 1.52. The monoisotopic (exact) mass is 600 g/mol. The smallest absolute Gasteiger partial charge is 0.301 e. The van der Waals surface area contributed by atoms with Gasteiger partial charge in [-0.1, -0.05) is 24.3 Å². The highest BCUT2D eigenvalue weighted by Gasteiger charge is 2.48. The van der Waals surface area contributed by atoms with Gasteiger partial charge in [0, 0.05) is 12.0 Å². The summed E-state index contributed by atoms with van der Waals surface area (Å²) in [7, 11) is 1.58. The third kappa shape index (κ3) is 5.16. The largest absolute Gasteiger partial charge is 0.507 e. The van der Waals surface area contributed by atoms with Gasteiger partial charge in [-0.25, -0.2) is 4.98 Å². The second-order valence-corrected chi connectivity index (χ2v) is 11.5. The first kappa shape index (κ1) is 28.5. The zero-order valence-electron chi connectivity index (χ0n) is 24.4. The Labute approximate surface area is 253 Å². The first-order valence-corrected chi connectivity index (χ1v) is 15.1. The summed E-state index contributed by atoms with van der Waals surface area (Å²) in [4.78, 5) is 33.6.